The minimum Gasteiger partial charge on any atom is -0.350 e. The van der Waals surface area contributed by atoms with Crippen LogP contribution in [0.2, 0.25) is 0 Å². The van der Waals surface area contributed by atoms with Gasteiger partial charge in [-0.25, -0.2) is 4.79 Å². The highest BCUT2D eigenvalue weighted by molar-refractivity contribution is 6.09. The number of carbonyl (C=O) groups is 3. The quantitative estimate of drug-likeness (QED) is 0.657. The second-order valence-electron chi connectivity index (χ2n) is 9.98. The summed E-state index contributed by atoms with van der Waals surface area (Å²) < 4.78 is 0. The fourth-order valence-corrected chi connectivity index (χ4v) is 5.24. The molecule has 31 heavy (non-hydrogen) atoms. The van der Waals surface area contributed by atoms with Crippen molar-refractivity contribution in [2.24, 2.45) is 17.8 Å². The first kappa shape index (κ1) is 21.8. The Balaban J connectivity index is 1.34. The third kappa shape index (κ3) is 4.76. The van der Waals surface area contributed by atoms with Crippen LogP contribution in [0.15, 0.2) is 24.3 Å². The fraction of sp³-hybridized carbons (Fsp3) is 0.625. The van der Waals surface area contributed by atoms with E-state index in [1.807, 2.05) is 18.2 Å². The summed E-state index contributed by atoms with van der Waals surface area (Å²) in [4.78, 5) is 41.1. The van der Waals surface area contributed by atoms with Gasteiger partial charge in [-0.05, 0) is 55.1 Å². The second-order valence-corrected chi connectivity index (χ2v) is 9.98. The number of likely N-dealkylation sites (tertiary alicyclic amines) is 1. The lowest BCUT2D eigenvalue weighted by atomic mass is 9.91. The van der Waals surface area contributed by atoms with Gasteiger partial charge in [0.05, 0.1) is 0 Å². The summed E-state index contributed by atoms with van der Waals surface area (Å²) in [6, 6.07) is 7.69. The number of piperidine rings is 1. The summed E-state index contributed by atoms with van der Waals surface area (Å²) in [5.41, 5.74) is 1.43. The van der Waals surface area contributed by atoms with Crippen LogP contribution in [0.25, 0.3) is 0 Å². The Kier molecular flexibility index (Phi) is 6.06. The zero-order valence-electron chi connectivity index (χ0n) is 18.8. The lowest BCUT2D eigenvalue weighted by Gasteiger charge is -2.35. The lowest BCUT2D eigenvalue weighted by Crippen LogP contribution is -2.47. The normalized spacial score (nSPS) is 29.2. The molecule has 2 heterocycles. The number of rotatable bonds is 7. The van der Waals surface area contributed by atoms with Crippen molar-refractivity contribution in [3.05, 3.63) is 35.4 Å². The maximum Gasteiger partial charge on any atom is 0.325 e. The Hall–Kier alpha value is -2.41. The van der Waals surface area contributed by atoms with Crippen molar-refractivity contribution in [2.45, 2.75) is 58.7 Å². The van der Waals surface area contributed by atoms with Crippen LogP contribution in [0.4, 0.5) is 4.79 Å². The van der Waals surface area contributed by atoms with Gasteiger partial charge in [-0.3, -0.25) is 19.4 Å². The maximum atomic E-state index is 12.7. The molecule has 2 saturated heterocycles. The molecule has 2 aliphatic heterocycles. The Morgan fingerprint density at radius 1 is 1.13 bits per heavy atom. The first-order valence-electron chi connectivity index (χ1n) is 11.5. The van der Waals surface area contributed by atoms with E-state index in [1.54, 1.807) is 6.92 Å². The van der Waals surface area contributed by atoms with E-state index in [0.29, 0.717) is 18.4 Å². The third-order valence-electron chi connectivity index (χ3n) is 6.93. The molecule has 2 N–H and O–H groups in total. The van der Waals surface area contributed by atoms with Crippen LogP contribution in [0.3, 0.4) is 0 Å². The number of urea groups is 1. The molecule has 0 bridgehead atoms. The molecule has 0 radical (unpaired) electrons. The molecule has 4 rings (SSSR count). The topological polar surface area (TPSA) is 81.8 Å². The van der Waals surface area contributed by atoms with Gasteiger partial charge in [-0.15, -0.1) is 0 Å². The third-order valence-corrected chi connectivity index (χ3v) is 6.93. The van der Waals surface area contributed by atoms with Crippen LogP contribution in [0, 0.1) is 17.8 Å². The molecule has 168 valence electrons. The summed E-state index contributed by atoms with van der Waals surface area (Å²) in [6.07, 6.45) is 3.15. The van der Waals surface area contributed by atoms with Crippen LogP contribution in [-0.2, 0) is 22.7 Å². The molecule has 3 fully saturated rings. The average Bonchev–Trinajstić information content (AvgIpc) is 3.53. The zero-order chi connectivity index (χ0) is 22.2. The molecule has 1 aromatic rings. The van der Waals surface area contributed by atoms with E-state index in [2.05, 4.69) is 35.4 Å². The van der Waals surface area contributed by atoms with E-state index >= 15 is 0 Å². The highest BCUT2D eigenvalue weighted by Gasteiger charge is 2.56. The first-order valence-corrected chi connectivity index (χ1v) is 11.5. The number of nitrogens with zero attached hydrogens (tertiary/aromatic N) is 2. The minimum atomic E-state index is -0.854. The van der Waals surface area contributed by atoms with Crippen molar-refractivity contribution in [2.75, 3.05) is 19.6 Å². The Morgan fingerprint density at radius 3 is 2.42 bits per heavy atom. The van der Waals surface area contributed by atoms with Gasteiger partial charge < -0.3 is 10.6 Å². The summed E-state index contributed by atoms with van der Waals surface area (Å²) >= 11 is 0. The van der Waals surface area contributed by atoms with Crippen molar-refractivity contribution in [1.29, 1.82) is 0 Å². The zero-order valence-corrected chi connectivity index (χ0v) is 18.8. The molecule has 7 nitrogen and oxygen atoms in total. The fourth-order valence-electron chi connectivity index (χ4n) is 5.24. The molecule has 0 unspecified atom stereocenters. The molecule has 0 spiro atoms. The Morgan fingerprint density at radius 2 is 1.77 bits per heavy atom. The molecule has 3 atom stereocenters. The number of imide groups is 1. The van der Waals surface area contributed by atoms with E-state index in [9.17, 15) is 14.4 Å². The van der Waals surface area contributed by atoms with Crippen LogP contribution in [-0.4, -0.2) is 52.8 Å². The predicted octanol–water partition coefficient (Wildman–Crippen LogP) is 2.50. The van der Waals surface area contributed by atoms with Gasteiger partial charge in [0.15, 0.2) is 0 Å². The van der Waals surface area contributed by atoms with Gasteiger partial charge in [-0.1, -0.05) is 38.1 Å². The Bertz CT molecular complexity index is 858. The van der Waals surface area contributed by atoms with Gasteiger partial charge in [0, 0.05) is 26.2 Å². The van der Waals surface area contributed by atoms with Crippen molar-refractivity contribution in [1.82, 2.24) is 20.4 Å². The van der Waals surface area contributed by atoms with Crippen LogP contribution in [0.5, 0.6) is 0 Å². The largest absolute Gasteiger partial charge is 0.350 e. The van der Waals surface area contributed by atoms with Gasteiger partial charge in [0.1, 0.15) is 12.1 Å². The van der Waals surface area contributed by atoms with Gasteiger partial charge in [-0.2, -0.15) is 0 Å². The number of hydrogen-bond donors (Lipinski definition) is 2. The molecule has 1 aliphatic carbocycles. The molecule has 4 amide bonds. The van der Waals surface area contributed by atoms with Gasteiger partial charge in [0.25, 0.3) is 5.91 Å². The maximum absolute atomic E-state index is 12.7. The van der Waals surface area contributed by atoms with Crippen molar-refractivity contribution in [3.8, 4) is 0 Å². The average molecular weight is 427 g/mol. The Labute approximate surface area is 184 Å². The summed E-state index contributed by atoms with van der Waals surface area (Å²) in [6.45, 7) is 9.58. The number of amides is 4. The number of carbonyl (C=O) groups excluding carboxylic acids is 3. The summed E-state index contributed by atoms with van der Waals surface area (Å²) in [5, 5.41) is 5.69. The number of hydrogen-bond acceptors (Lipinski definition) is 4. The van der Waals surface area contributed by atoms with Crippen LogP contribution >= 0.6 is 0 Å². The number of benzene rings is 1. The number of nitrogens with one attached hydrogen (secondary N) is 2. The molecular weight excluding hydrogens is 392 g/mol. The van der Waals surface area contributed by atoms with E-state index in [1.165, 1.54) is 12.0 Å². The SMILES string of the molecule is C[C@H]1C[C@H](C)CN(Cc2ccccc2CNC(=O)CN2C(=O)N[C@@](C)(C3CC3)C2=O)C1. The minimum absolute atomic E-state index is 0.184. The monoisotopic (exact) mass is 426 g/mol. The van der Waals surface area contributed by atoms with Crippen molar-refractivity contribution >= 4 is 17.8 Å². The predicted molar refractivity (Wildman–Crippen MR) is 118 cm³/mol. The van der Waals surface area contributed by atoms with Gasteiger partial charge >= 0.3 is 6.03 Å². The van der Waals surface area contributed by atoms with E-state index in [-0.39, 0.29) is 24.3 Å². The van der Waals surface area contributed by atoms with E-state index < -0.39 is 11.6 Å². The van der Waals surface area contributed by atoms with Crippen LogP contribution < -0.4 is 10.6 Å². The second kappa shape index (κ2) is 8.61. The molecule has 7 heteroatoms. The van der Waals surface area contributed by atoms with Gasteiger partial charge in [0.2, 0.25) is 5.91 Å². The standard InChI is InChI=1S/C24H34N4O3/c1-16-10-17(2)13-27(12-16)14-19-7-5-4-6-18(19)11-25-21(29)15-28-22(30)24(3,20-8-9-20)26-23(28)31/h4-7,16-17,20H,8-15H2,1-3H3,(H,25,29)(H,26,31)/t16-,17-,24-/m0/s1. The molecule has 3 aliphatic rings. The van der Waals surface area contributed by atoms with Crippen molar-refractivity contribution < 1.29 is 14.4 Å². The highest BCUT2D eigenvalue weighted by Crippen LogP contribution is 2.42. The first-order chi connectivity index (χ1) is 14.8. The lowest BCUT2D eigenvalue weighted by molar-refractivity contribution is -0.135. The molecule has 1 aromatic carbocycles. The molecule has 1 saturated carbocycles. The summed E-state index contributed by atoms with van der Waals surface area (Å²) in [5.74, 6) is 0.966. The summed E-state index contributed by atoms with van der Waals surface area (Å²) in [7, 11) is 0. The smallest absolute Gasteiger partial charge is 0.325 e. The van der Waals surface area contributed by atoms with E-state index in [0.717, 1.165) is 42.9 Å². The van der Waals surface area contributed by atoms with E-state index in [4.69, 9.17) is 0 Å². The highest BCUT2D eigenvalue weighted by atomic mass is 16.2. The van der Waals surface area contributed by atoms with Crippen molar-refractivity contribution in [3.63, 3.8) is 0 Å². The molecule has 0 aromatic heterocycles. The van der Waals surface area contributed by atoms with Crippen LogP contribution in [0.1, 0.15) is 51.2 Å². The molecular formula is C24H34N4O3.